The Morgan fingerprint density at radius 2 is 1.74 bits per heavy atom. The number of halogens is 2. The molecule has 146 valence electrons. The molecule has 0 atom stereocenters. The molecule has 0 spiro atoms. The van der Waals surface area contributed by atoms with Gasteiger partial charge in [0.25, 0.3) is 0 Å². The average Bonchev–Trinajstić information content (AvgIpc) is 2.60. The molecule has 2 rings (SSSR count). The van der Waals surface area contributed by atoms with Crippen molar-refractivity contribution in [3.8, 4) is 0 Å². The molecule has 1 saturated carbocycles. The lowest BCUT2D eigenvalue weighted by Gasteiger charge is -2.19. The van der Waals surface area contributed by atoms with Crippen LogP contribution < -0.4 is 11.5 Å². The molecule has 0 radical (unpaired) electrons. The van der Waals surface area contributed by atoms with Gasteiger partial charge in [-0.05, 0) is 31.9 Å². The quantitative estimate of drug-likeness (QED) is 0.260. The first-order valence-electron chi connectivity index (χ1n) is 8.75. The van der Waals surface area contributed by atoms with E-state index >= 15 is 0 Å². The van der Waals surface area contributed by atoms with Gasteiger partial charge >= 0.3 is 5.97 Å². The molecule has 0 unspecified atom stereocenters. The van der Waals surface area contributed by atoms with Gasteiger partial charge in [-0.2, -0.15) is 0 Å². The summed E-state index contributed by atoms with van der Waals surface area (Å²) in [7, 11) is 0. The minimum atomic E-state index is -1.03. The highest BCUT2D eigenvalue weighted by atomic mass is 19.1. The summed E-state index contributed by atoms with van der Waals surface area (Å²) in [6.07, 6.45) is 4.96. The van der Waals surface area contributed by atoms with E-state index in [9.17, 15) is 18.4 Å². The van der Waals surface area contributed by atoms with Gasteiger partial charge in [0.1, 0.15) is 23.0 Å². The lowest BCUT2D eigenvalue weighted by Crippen LogP contribution is -2.29. The minimum absolute atomic E-state index is 0.00930. The van der Waals surface area contributed by atoms with Crippen LogP contribution in [0, 0.1) is 11.6 Å². The minimum Gasteiger partial charge on any atom is -0.454 e. The van der Waals surface area contributed by atoms with Crippen LogP contribution in [0.4, 0.5) is 8.78 Å². The van der Waals surface area contributed by atoms with E-state index in [4.69, 9.17) is 16.2 Å². The summed E-state index contributed by atoms with van der Waals surface area (Å²) in [5.74, 6) is -4.08. The Balaban J connectivity index is 2.08. The molecular formula is C19H23F2N3O3. The van der Waals surface area contributed by atoms with Crippen LogP contribution in [0.25, 0.3) is 0 Å². The van der Waals surface area contributed by atoms with E-state index < -0.39 is 35.6 Å². The van der Waals surface area contributed by atoms with Crippen molar-refractivity contribution < 1.29 is 23.1 Å². The third-order valence-corrected chi connectivity index (χ3v) is 4.33. The van der Waals surface area contributed by atoms with E-state index in [0.29, 0.717) is 0 Å². The maximum Gasteiger partial charge on any atom is 0.344 e. The van der Waals surface area contributed by atoms with Crippen LogP contribution in [0.2, 0.25) is 0 Å². The van der Waals surface area contributed by atoms with Crippen molar-refractivity contribution in [2.45, 2.75) is 45.1 Å². The number of carbonyl (C=O) groups excluding carboxylic acids is 2. The van der Waals surface area contributed by atoms with E-state index in [1.807, 2.05) is 0 Å². The number of ether oxygens (including phenoxy) is 1. The number of nitrogens with two attached hydrogens (primary N) is 2. The third-order valence-electron chi connectivity index (χ3n) is 4.33. The lowest BCUT2D eigenvalue weighted by molar-refractivity contribution is -0.137. The van der Waals surface area contributed by atoms with Gasteiger partial charge in [0.2, 0.25) is 5.78 Å². The van der Waals surface area contributed by atoms with Crippen LogP contribution in [-0.4, -0.2) is 30.2 Å². The number of benzene rings is 1. The van der Waals surface area contributed by atoms with Crippen molar-refractivity contribution in [2.75, 3.05) is 6.61 Å². The SMILES string of the molecule is CC(N)=C(C(=O)OCC(=O)c1c(F)cccc1F)C(N)=NC1CCCCC1. The fourth-order valence-electron chi connectivity index (χ4n) is 2.98. The second kappa shape index (κ2) is 9.25. The molecule has 0 amide bonds. The zero-order valence-electron chi connectivity index (χ0n) is 15.1. The zero-order chi connectivity index (χ0) is 20.0. The first kappa shape index (κ1) is 20.5. The molecular weight excluding hydrogens is 356 g/mol. The number of nitrogens with zero attached hydrogens (tertiary/aromatic N) is 1. The molecule has 0 heterocycles. The fourth-order valence-corrected chi connectivity index (χ4v) is 2.98. The molecule has 0 saturated heterocycles. The molecule has 8 heteroatoms. The number of aliphatic imine (C=N–C) groups is 1. The van der Waals surface area contributed by atoms with Crippen LogP contribution in [0.5, 0.6) is 0 Å². The molecule has 4 N–H and O–H groups in total. The Hall–Kier alpha value is -2.77. The van der Waals surface area contributed by atoms with Crippen LogP contribution in [0.3, 0.4) is 0 Å². The smallest absolute Gasteiger partial charge is 0.344 e. The number of esters is 1. The molecule has 1 aliphatic carbocycles. The Morgan fingerprint density at radius 3 is 2.30 bits per heavy atom. The van der Waals surface area contributed by atoms with Gasteiger partial charge in [-0.25, -0.2) is 13.6 Å². The maximum atomic E-state index is 13.6. The third kappa shape index (κ3) is 5.35. The highest BCUT2D eigenvalue weighted by Gasteiger charge is 2.23. The fraction of sp³-hybridized carbons (Fsp3) is 0.421. The van der Waals surface area contributed by atoms with Gasteiger partial charge in [0.15, 0.2) is 6.61 Å². The van der Waals surface area contributed by atoms with Gasteiger partial charge in [-0.3, -0.25) is 9.79 Å². The van der Waals surface area contributed by atoms with Crippen molar-refractivity contribution in [1.82, 2.24) is 0 Å². The largest absolute Gasteiger partial charge is 0.454 e. The number of allylic oxidation sites excluding steroid dienone is 1. The molecule has 1 aromatic carbocycles. The van der Waals surface area contributed by atoms with Crippen molar-refractivity contribution in [3.05, 3.63) is 46.7 Å². The van der Waals surface area contributed by atoms with Gasteiger partial charge in [-0.15, -0.1) is 0 Å². The first-order chi connectivity index (χ1) is 12.8. The molecule has 1 fully saturated rings. The van der Waals surface area contributed by atoms with Crippen molar-refractivity contribution >= 4 is 17.6 Å². The highest BCUT2D eigenvalue weighted by molar-refractivity contribution is 6.19. The summed E-state index contributed by atoms with van der Waals surface area (Å²) >= 11 is 0. The highest BCUT2D eigenvalue weighted by Crippen LogP contribution is 2.21. The van der Waals surface area contributed by atoms with Crippen LogP contribution in [0.1, 0.15) is 49.4 Å². The van der Waals surface area contributed by atoms with Gasteiger partial charge < -0.3 is 16.2 Å². The molecule has 1 aromatic rings. The standard InChI is InChI=1S/C19H23F2N3O3/c1-11(22)16(18(23)24-12-6-3-2-4-7-12)19(26)27-10-15(25)17-13(20)8-5-9-14(17)21/h5,8-9,12H,2-4,6-7,10,22H2,1H3,(H2,23,24). The predicted octanol–water partition coefficient (Wildman–Crippen LogP) is 2.61. The Bertz CT molecular complexity index is 760. The first-order valence-corrected chi connectivity index (χ1v) is 8.75. The normalized spacial score (nSPS) is 16.6. The summed E-state index contributed by atoms with van der Waals surface area (Å²) in [5, 5.41) is 0. The van der Waals surface area contributed by atoms with E-state index in [0.717, 1.165) is 50.3 Å². The van der Waals surface area contributed by atoms with Gasteiger partial charge in [0.05, 0.1) is 11.6 Å². The van der Waals surface area contributed by atoms with Gasteiger partial charge in [0, 0.05) is 5.70 Å². The van der Waals surface area contributed by atoms with E-state index in [2.05, 4.69) is 4.99 Å². The Morgan fingerprint density at radius 1 is 1.15 bits per heavy atom. The van der Waals surface area contributed by atoms with E-state index in [1.54, 1.807) is 0 Å². The van der Waals surface area contributed by atoms with Crippen molar-refractivity contribution in [1.29, 1.82) is 0 Å². The van der Waals surface area contributed by atoms with Crippen LogP contribution in [-0.2, 0) is 9.53 Å². The Kier molecular flexibility index (Phi) is 7.04. The molecule has 0 bridgehead atoms. The van der Waals surface area contributed by atoms with Crippen molar-refractivity contribution in [3.63, 3.8) is 0 Å². The number of carbonyl (C=O) groups is 2. The number of ketones is 1. The second-order valence-corrected chi connectivity index (χ2v) is 6.46. The zero-order valence-corrected chi connectivity index (χ0v) is 15.1. The van der Waals surface area contributed by atoms with Crippen LogP contribution >= 0.6 is 0 Å². The number of hydrogen-bond donors (Lipinski definition) is 2. The van der Waals surface area contributed by atoms with Crippen LogP contribution in [0.15, 0.2) is 34.5 Å². The summed E-state index contributed by atoms with van der Waals surface area (Å²) in [6.45, 7) is 0.613. The van der Waals surface area contributed by atoms with E-state index in [-0.39, 0.29) is 23.1 Å². The number of Topliss-reactive ketones (excluding diaryl/α,β-unsaturated/α-hetero) is 1. The second-order valence-electron chi connectivity index (χ2n) is 6.46. The molecule has 6 nitrogen and oxygen atoms in total. The summed E-state index contributed by atoms with van der Waals surface area (Å²) in [6, 6.07) is 3.04. The Labute approximate surface area is 156 Å². The summed E-state index contributed by atoms with van der Waals surface area (Å²) in [4.78, 5) is 28.7. The predicted molar refractivity (Wildman–Crippen MR) is 97.0 cm³/mol. The average molecular weight is 379 g/mol. The lowest BCUT2D eigenvalue weighted by atomic mass is 9.96. The maximum absolute atomic E-state index is 13.6. The van der Waals surface area contributed by atoms with Gasteiger partial charge in [-0.1, -0.05) is 25.3 Å². The molecule has 1 aliphatic rings. The number of amidine groups is 1. The monoisotopic (exact) mass is 379 g/mol. The summed E-state index contributed by atoms with van der Waals surface area (Å²) < 4.78 is 32.1. The molecule has 27 heavy (non-hydrogen) atoms. The number of hydrogen-bond acceptors (Lipinski definition) is 5. The summed E-state index contributed by atoms with van der Waals surface area (Å²) in [5.41, 5.74) is 10.8. The van der Waals surface area contributed by atoms with E-state index in [1.165, 1.54) is 6.92 Å². The molecule has 0 aliphatic heterocycles. The topological polar surface area (TPSA) is 108 Å². The number of rotatable bonds is 6. The van der Waals surface area contributed by atoms with Crippen molar-refractivity contribution in [2.24, 2.45) is 16.5 Å². The molecule has 0 aromatic heterocycles.